The van der Waals surface area contributed by atoms with Crippen LogP contribution in [0.2, 0.25) is 5.02 Å². The number of rotatable bonds is 7. The van der Waals surface area contributed by atoms with Crippen LogP contribution in [0.4, 0.5) is 5.82 Å². The van der Waals surface area contributed by atoms with E-state index in [2.05, 4.69) is 11.9 Å². The topological polar surface area (TPSA) is 78.1 Å². The molecule has 1 saturated heterocycles. The van der Waals surface area contributed by atoms with Crippen LogP contribution >= 0.6 is 35.6 Å². The molecule has 2 heterocycles. The van der Waals surface area contributed by atoms with E-state index in [0.29, 0.717) is 50.8 Å². The Balaban J connectivity index is 2.16. The second-order valence-corrected chi connectivity index (χ2v) is 9.03. The van der Waals surface area contributed by atoms with Gasteiger partial charge in [-0.3, -0.25) is 19.1 Å². The number of nitriles is 1. The highest BCUT2D eigenvalue weighted by Gasteiger charge is 2.32. The van der Waals surface area contributed by atoms with Crippen molar-refractivity contribution in [2.45, 2.75) is 26.9 Å². The number of amides is 1. The molecule has 1 aliphatic heterocycles. The highest BCUT2D eigenvalue weighted by atomic mass is 35.5. The van der Waals surface area contributed by atoms with Gasteiger partial charge in [0.05, 0.1) is 4.91 Å². The zero-order chi connectivity index (χ0) is 23.4. The number of pyridine rings is 1. The summed E-state index contributed by atoms with van der Waals surface area (Å²) in [6.45, 7) is 8.22. The highest BCUT2D eigenvalue weighted by Crippen LogP contribution is 2.35. The second-order valence-electron chi connectivity index (χ2n) is 6.95. The van der Waals surface area contributed by atoms with E-state index in [0.717, 1.165) is 5.56 Å². The first-order chi connectivity index (χ1) is 15.3. The van der Waals surface area contributed by atoms with E-state index in [1.54, 1.807) is 25.1 Å². The molecule has 1 N–H and O–H groups in total. The minimum Gasteiger partial charge on any atom is -0.367 e. The summed E-state index contributed by atoms with van der Waals surface area (Å²) in [5, 5.41) is 13.5. The molecule has 3 rings (SSSR count). The zero-order valence-corrected chi connectivity index (χ0v) is 20.0. The predicted octanol–water partition coefficient (Wildman–Crippen LogP) is 4.70. The van der Waals surface area contributed by atoms with Crippen molar-refractivity contribution < 1.29 is 4.79 Å². The van der Waals surface area contributed by atoms with Gasteiger partial charge in [-0.15, -0.1) is 6.58 Å². The van der Waals surface area contributed by atoms with E-state index < -0.39 is 0 Å². The Hall–Kier alpha value is -2.86. The van der Waals surface area contributed by atoms with E-state index in [4.69, 9.17) is 23.8 Å². The van der Waals surface area contributed by atoms with Crippen molar-refractivity contribution in [1.29, 1.82) is 5.26 Å². The summed E-state index contributed by atoms with van der Waals surface area (Å²) in [4.78, 5) is 27.7. The highest BCUT2D eigenvalue weighted by molar-refractivity contribution is 8.26. The van der Waals surface area contributed by atoms with Gasteiger partial charge in [0.1, 0.15) is 21.8 Å². The van der Waals surface area contributed by atoms with Gasteiger partial charge < -0.3 is 5.32 Å². The average molecular weight is 485 g/mol. The third kappa shape index (κ3) is 4.51. The third-order valence-electron chi connectivity index (χ3n) is 5.06. The normalized spacial score (nSPS) is 14.7. The minimum absolute atomic E-state index is 0.0444. The maximum absolute atomic E-state index is 12.9. The van der Waals surface area contributed by atoms with Crippen molar-refractivity contribution in [1.82, 2.24) is 9.47 Å². The molecule has 1 aliphatic rings. The SMILES string of the molecule is C=CCN1C(=O)/C(=C\c2c(C)c(C#N)c(=O)n(CC)c2NCc2ccccc2Cl)SC1=S. The van der Waals surface area contributed by atoms with E-state index in [1.165, 1.54) is 21.2 Å². The first-order valence-electron chi connectivity index (χ1n) is 9.85. The first-order valence-corrected chi connectivity index (χ1v) is 11.4. The molecule has 1 aromatic carbocycles. The molecule has 0 atom stereocenters. The number of nitrogens with zero attached hydrogens (tertiary/aromatic N) is 3. The summed E-state index contributed by atoms with van der Waals surface area (Å²) in [6.07, 6.45) is 3.31. The largest absolute Gasteiger partial charge is 0.367 e. The number of thioether (sulfide) groups is 1. The lowest BCUT2D eigenvalue weighted by molar-refractivity contribution is -0.121. The molecule has 1 fully saturated rings. The van der Waals surface area contributed by atoms with Crippen LogP contribution in [0.15, 0.2) is 46.6 Å². The lowest BCUT2D eigenvalue weighted by Crippen LogP contribution is -2.28. The smallest absolute Gasteiger partial charge is 0.270 e. The maximum atomic E-state index is 12.9. The van der Waals surface area contributed by atoms with Gasteiger partial charge >= 0.3 is 0 Å². The third-order valence-corrected chi connectivity index (χ3v) is 6.80. The molecular formula is C23H21ClN4O2S2. The monoisotopic (exact) mass is 484 g/mol. The van der Waals surface area contributed by atoms with Crippen LogP contribution in [0.25, 0.3) is 6.08 Å². The Bertz CT molecular complexity index is 1240. The number of carbonyl (C=O) groups excluding carboxylic acids is 1. The van der Waals surface area contributed by atoms with E-state index in [-0.39, 0.29) is 17.0 Å². The van der Waals surface area contributed by atoms with Crippen LogP contribution in [0.5, 0.6) is 0 Å². The molecule has 32 heavy (non-hydrogen) atoms. The number of nitrogens with one attached hydrogen (secondary N) is 1. The zero-order valence-electron chi connectivity index (χ0n) is 17.6. The molecule has 9 heteroatoms. The maximum Gasteiger partial charge on any atom is 0.270 e. The van der Waals surface area contributed by atoms with Crippen molar-refractivity contribution in [2.24, 2.45) is 0 Å². The molecule has 0 unspecified atom stereocenters. The molecule has 6 nitrogen and oxygen atoms in total. The Kier molecular flexibility index (Phi) is 7.56. The molecule has 1 amide bonds. The fraction of sp³-hybridized carbons (Fsp3) is 0.217. The van der Waals surface area contributed by atoms with Crippen LogP contribution in [0, 0.1) is 18.3 Å². The van der Waals surface area contributed by atoms with Gasteiger partial charge in [0.15, 0.2) is 0 Å². The quantitative estimate of drug-likeness (QED) is 0.348. The summed E-state index contributed by atoms with van der Waals surface area (Å²) in [6, 6.07) is 9.42. The van der Waals surface area contributed by atoms with Gasteiger partial charge in [-0.2, -0.15) is 5.26 Å². The fourth-order valence-electron chi connectivity index (χ4n) is 3.39. The van der Waals surface area contributed by atoms with Crippen molar-refractivity contribution >= 4 is 57.7 Å². The lowest BCUT2D eigenvalue weighted by Gasteiger charge is -2.19. The number of anilines is 1. The Morgan fingerprint density at radius 3 is 2.69 bits per heavy atom. The van der Waals surface area contributed by atoms with Crippen molar-refractivity contribution in [3.63, 3.8) is 0 Å². The molecule has 0 aliphatic carbocycles. The molecule has 0 radical (unpaired) electrons. The summed E-state index contributed by atoms with van der Waals surface area (Å²) in [5.74, 6) is 0.284. The molecule has 0 saturated carbocycles. The summed E-state index contributed by atoms with van der Waals surface area (Å²) in [7, 11) is 0. The number of hydrogen-bond donors (Lipinski definition) is 1. The first kappa shape index (κ1) is 23.8. The summed E-state index contributed by atoms with van der Waals surface area (Å²) >= 11 is 12.8. The minimum atomic E-state index is -0.384. The molecule has 0 bridgehead atoms. The van der Waals surface area contributed by atoms with Crippen molar-refractivity contribution in [3.05, 3.63) is 79.5 Å². The van der Waals surface area contributed by atoms with Gasteiger partial charge in [0, 0.05) is 30.2 Å². The Labute approximate surface area is 201 Å². The number of halogens is 1. The predicted molar refractivity (Wildman–Crippen MR) is 135 cm³/mol. The summed E-state index contributed by atoms with van der Waals surface area (Å²) in [5.41, 5.74) is 1.61. The number of aromatic nitrogens is 1. The average Bonchev–Trinajstić information content (AvgIpc) is 3.03. The van der Waals surface area contributed by atoms with Gasteiger partial charge in [-0.05, 0) is 37.1 Å². The van der Waals surface area contributed by atoms with Gasteiger partial charge in [-0.1, -0.05) is 59.9 Å². The van der Waals surface area contributed by atoms with E-state index >= 15 is 0 Å². The number of hydrogen-bond acceptors (Lipinski definition) is 6. The lowest BCUT2D eigenvalue weighted by atomic mass is 10.0. The van der Waals surface area contributed by atoms with Crippen molar-refractivity contribution in [3.8, 4) is 6.07 Å². The number of thiocarbonyl (C=S) groups is 1. The van der Waals surface area contributed by atoms with E-state index in [1.807, 2.05) is 31.2 Å². The molecule has 0 spiro atoms. The molecular weight excluding hydrogens is 464 g/mol. The fourth-order valence-corrected chi connectivity index (χ4v) is 4.85. The Morgan fingerprint density at radius 2 is 2.06 bits per heavy atom. The molecule has 164 valence electrons. The van der Waals surface area contributed by atoms with Crippen LogP contribution in [-0.2, 0) is 17.9 Å². The second kappa shape index (κ2) is 10.2. The number of benzene rings is 1. The van der Waals surface area contributed by atoms with Crippen LogP contribution in [-0.4, -0.2) is 26.2 Å². The molecule has 2 aromatic rings. The standard InChI is InChI=1S/C23H21ClN4O2S2/c1-4-10-28-22(30)19(32-23(28)31)11-16-14(3)17(12-25)21(29)27(5-2)20(16)26-13-15-8-6-7-9-18(15)24/h4,6-9,11,26H,1,5,10,13H2,2-3H3/b19-11+. The van der Waals surface area contributed by atoms with Crippen LogP contribution in [0.1, 0.15) is 29.2 Å². The number of carbonyl (C=O) groups is 1. The van der Waals surface area contributed by atoms with Crippen molar-refractivity contribution in [2.75, 3.05) is 11.9 Å². The van der Waals surface area contributed by atoms with E-state index in [9.17, 15) is 14.9 Å². The Morgan fingerprint density at radius 1 is 1.34 bits per heavy atom. The van der Waals surface area contributed by atoms with Crippen LogP contribution < -0.4 is 10.9 Å². The summed E-state index contributed by atoms with van der Waals surface area (Å²) < 4.78 is 1.94. The molecule has 1 aromatic heterocycles. The van der Waals surface area contributed by atoms with Gasteiger partial charge in [0.2, 0.25) is 0 Å². The van der Waals surface area contributed by atoms with Crippen LogP contribution in [0.3, 0.4) is 0 Å². The van der Waals surface area contributed by atoms with Gasteiger partial charge in [-0.25, -0.2) is 0 Å². The van der Waals surface area contributed by atoms with Gasteiger partial charge in [0.25, 0.3) is 11.5 Å².